The van der Waals surface area contributed by atoms with Crippen molar-refractivity contribution in [3.8, 4) is 0 Å². The molecule has 2 aromatic heterocycles. The number of nitrogens with one attached hydrogen (secondary N) is 1. The molecule has 2 aliphatic heterocycles. The lowest BCUT2D eigenvalue weighted by Crippen LogP contribution is -2.41. The van der Waals surface area contributed by atoms with Crippen LogP contribution < -0.4 is 5.32 Å². The van der Waals surface area contributed by atoms with Crippen molar-refractivity contribution in [2.24, 2.45) is 0 Å². The van der Waals surface area contributed by atoms with Gasteiger partial charge in [-0.3, -0.25) is 4.79 Å². The molecule has 1 spiro atoms. The number of likely N-dealkylation sites (tertiary alicyclic amines) is 1. The van der Waals surface area contributed by atoms with Gasteiger partial charge in [-0.15, -0.1) is 0 Å². The number of ether oxygens (including phenoxy) is 1. The van der Waals surface area contributed by atoms with Crippen molar-refractivity contribution in [1.29, 1.82) is 0 Å². The summed E-state index contributed by atoms with van der Waals surface area (Å²) >= 11 is 0. The lowest BCUT2D eigenvalue weighted by molar-refractivity contribution is -0.120. The first kappa shape index (κ1) is 21.4. The summed E-state index contributed by atoms with van der Waals surface area (Å²) in [5, 5.41) is 3.44. The SMILES string of the molecule is CC(C)(C)OC(=O)N1CCC2(C1)C(=O)Nc1cnc3c(ccn3S(=O)(=O)c3ccccc3)c12. The maximum Gasteiger partial charge on any atom is 0.410 e. The minimum Gasteiger partial charge on any atom is -0.444 e. The molecule has 1 fully saturated rings. The average molecular weight is 469 g/mol. The summed E-state index contributed by atoms with van der Waals surface area (Å²) in [6.45, 7) is 5.88. The smallest absolute Gasteiger partial charge is 0.410 e. The normalized spacial score (nSPS) is 20.3. The van der Waals surface area contributed by atoms with Crippen molar-refractivity contribution in [2.45, 2.75) is 43.1 Å². The number of hydrogen-bond acceptors (Lipinski definition) is 6. The van der Waals surface area contributed by atoms with Gasteiger partial charge in [0.25, 0.3) is 10.0 Å². The van der Waals surface area contributed by atoms with E-state index in [0.29, 0.717) is 29.6 Å². The van der Waals surface area contributed by atoms with Gasteiger partial charge in [0.05, 0.1) is 22.2 Å². The molecule has 1 atom stereocenters. The van der Waals surface area contributed by atoms with Crippen LogP contribution in [0.2, 0.25) is 0 Å². The summed E-state index contributed by atoms with van der Waals surface area (Å²) in [4.78, 5) is 31.8. The monoisotopic (exact) mass is 468 g/mol. The van der Waals surface area contributed by atoms with Crippen LogP contribution in [-0.2, 0) is 25.0 Å². The molecule has 1 unspecified atom stereocenters. The molecule has 2 amide bonds. The van der Waals surface area contributed by atoms with Crippen LogP contribution in [0.15, 0.2) is 53.7 Å². The first-order valence-corrected chi connectivity index (χ1v) is 12.1. The van der Waals surface area contributed by atoms with Crippen LogP contribution in [0.1, 0.15) is 32.8 Å². The van der Waals surface area contributed by atoms with E-state index in [1.54, 1.807) is 45.0 Å². The number of carbonyl (C=O) groups is 2. The molecule has 0 radical (unpaired) electrons. The van der Waals surface area contributed by atoms with E-state index in [1.165, 1.54) is 29.4 Å². The van der Waals surface area contributed by atoms with E-state index >= 15 is 0 Å². The molecular formula is C23H24N4O5S. The van der Waals surface area contributed by atoms with E-state index in [-0.39, 0.29) is 23.0 Å². The Morgan fingerprint density at radius 1 is 1.18 bits per heavy atom. The molecule has 172 valence electrons. The Bertz CT molecular complexity index is 1390. The topological polar surface area (TPSA) is 111 Å². The minimum absolute atomic E-state index is 0.144. The highest BCUT2D eigenvalue weighted by molar-refractivity contribution is 7.90. The number of pyridine rings is 1. The van der Waals surface area contributed by atoms with Gasteiger partial charge in [0.1, 0.15) is 5.60 Å². The number of rotatable bonds is 2. The van der Waals surface area contributed by atoms with E-state index in [2.05, 4.69) is 10.3 Å². The quantitative estimate of drug-likeness (QED) is 0.619. The molecular weight excluding hydrogens is 444 g/mol. The van der Waals surface area contributed by atoms with Gasteiger partial charge in [-0.2, -0.15) is 0 Å². The second kappa shape index (κ2) is 7.05. The highest BCUT2D eigenvalue weighted by atomic mass is 32.2. The number of carbonyl (C=O) groups excluding carboxylic acids is 2. The summed E-state index contributed by atoms with van der Waals surface area (Å²) in [6.07, 6.45) is 2.87. The number of aromatic nitrogens is 2. The van der Waals surface area contributed by atoms with Crippen LogP contribution >= 0.6 is 0 Å². The van der Waals surface area contributed by atoms with Crippen LogP contribution in [-0.4, -0.2) is 53.0 Å². The standard InChI is InChI=1S/C23H24N4O5S/c1-22(2,3)32-21(29)26-12-10-23(14-26)18-16-9-11-27(19(16)24-13-17(18)25-20(23)28)33(30,31)15-7-5-4-6-8-15/h4-9,11,13H,10,12,14H2,1-3H3,(H,25,28). The zero-order valence-corrected chi connectivity index (χ0v) is 19.3. The lowest BCUT2D eigenvalue weighted by atomic mass is 9.80. The summed E-state index contributed by atoms with van der Waals surface area (Å²) in [5.41, 5.74) is -0.193. The molecule has 0 saturated carbocycles. The second-order valence-corrected chi connectivity index (χ2v) is 11.2. The number of amides is 2. The zero-order valence-electron chi connectivity index (χ0n) is 18.5. The van der Waals surface area contributed by atoms with E-state index in [9.17, 15) is 18.0 Å². The van der Waals surface area contributed by atoms with Crippen LogP contribution in [0.25, 0.3) is 11.0 Å². The van der Waals surface area contributed by atoms with Crippen molar-refractivity contribution in [1.82, 2.24) is 13.9 Å². The fraction of sp³-hybridized carbons (Fsp3) is 0.348. The number of anilines is 1. The third kappa shape index (κ3) is 3.28. The van der Waals surface area contributed by atoms with Crippen molar-refractivity contribution < 1.29 is 22.7 Å². The first-order valence-electron chi connectivity index (χ1n) is 10.6. The first-order chi connectivity index (χ1) is 15.5. The van der Waals surface area contributed by atoms with E-state index < -0.39 is 27.1 Å². The Balaban J connectivity index is 1.59. The van der Waals surface area contributed by atoms with Crippen molar-refractivity contribution in [3.05, 3.63) is 54.4 Å². The van der Waals surface area contributed by atoms with E-state index in [0.717, 1.165) is 3.97 Å². The van der Waals surface area contributed by atoms with E-state index in [4.69, 9.17) is 4.74 Å². The summed E-state index contributed by atoms with van der Waals surface area (Å²) in [5.74, 6) is -0.225. The van der Waals surface area contributed by atoms with Gasteiger partial charge in [-0.05, 0) is 45.4 Å². The van der Waals surface area contributed by atoms with Gasteiger partial charge in [0, 0.05) is 30.2 Å². The molecule has 1 N–H and O–H groups in total. The Morgan fingerprint density at radius 2 is 1.91 bits per heavy atom. The minimum atomic E-state index is -3.87. The summed E-state index contributed by atoms with van der Waals surface area (Å²) in [6, 6.07) is 9.78. The third-order valence-electron chi connectivity index (χ3n) is 6.06. The molecule has 3 aromatic rings. The Kier molecular flexibility index (Phi) is 4.58. The molecule has 33 heavy (non-hydrogen) atoms. The maximum absolute atomic E-state index is 13.2. The van der Waals surface area contributed by atoms with Gasteiger partial charge in [-0.1, -0.05) is 18.2 Å². The molecule has 5 rings (SSSR count). The van der Waals surface area contributed by atoms with Crippen molar-refractivity contribution in [2.75, 3.05) is 18.4 Å². The van der Waals surface area contributed by atoms with Gasteiger partial charge >= 0.3 is 6.09 Å². The van der Waals surface area contributed by atoms with Crippen molar-refractivity contribution >= 4 is 38.7 Å². The Hall–Kier alpha value is -3.40. The predicted molar refractivity (Wildman–Crippen MR) is 121 cm³/mol. The molecule has 10 heteroatoms. The summed E-state index contributed by atoms with van der Waals surface area (Å²) in [7, 11) is -3.87. The number of benzene rings is 1. The molecule has 1 aromatic carbocycles. The van der Waals surface area contributed by atoms with Crippen LogP contribution in [0, 0.1) is 0 Å². The van der Waals surface area contributed by atoms with Crippen LogP contribution in [0.3, 0.4) is 0 Å². The third-order valence-corrected chi connectivity index (χ3v) is 7.74. The van der Waals surface area contributed by atoms with Gasteiger partial charge < -0.3 is 15.0 Å². The largest absolute Gasteiger partial charge is 0.444 e. The van der Waals surface area contributed by atoms with Gasteiger partial charge in [0.2, 0.25) is 5.91 Å². The zero-order chi connectivity index (χ0) is 23.6. The maximum atomic E-state index is 13.2. The molecule has 1 saturated heterocycles. The highest BCUT2D eigenvalue weighted by Crippen LogP contribution is 2.47. The fourth-order valence-electron chi connectivity index (χ4n) is 4.61. The fourth-order valence-corrected chi connectivity index (χ4v) is 5.93. The van der Waals surface area contributed by atoms with Crippen LogP contribution in [0.4, 0.5) is 10.5 Å². The predicted octanol–water partition coefficient (Wildman–Crippen LogP) is 3.10. The molecule has 4 heterocycles. The second-order valence-electron chi connectivity index (χ2n) is 9.40. The molecule has 0 bridgehead atoms. The Labute approximate surface area is 191 Å². The van der Waals surface area contributed by atoms with Gasteiger partial charge in [0.15, 0.2) is 5.65 Å². The van der Waals surface area contributed by atoms with Crippen molar-refractivity contribution in [3.63, 3.8) is 0 Å². The number of fused-ring (bicyclic) bond motifs is 4. The number of hydrogen-bond donors (Lipinski definition) is 1. The molecule has 2 aliphatic rings. The molecule has 0 aliphatic carbocycles. The van der Waals surface area contributed by atoms with E-state index in [1.807, 2.05) is 0 Å². The highest BCUT2D eigenvalue weighted by Gasteiger charge is 2.54. The summed E-state index contributed by atoms with van der Waals surface area (Å²) < 4.78 is 33.1. The van der Waals surface area contributed by atoms with Crippen LogP contribution in [0.5, 0.6) is 0 Å². The van der Waals surface area contributed by atoms with Gasteiger partial charge in [-0.25, -0.2) is 22.2 Å². The molecule has 9 nitrogen and oxygen atoms in total. The average Bonchev–Trinajstić information content (AvgIpc) is 3.45. The lowest BCUT2D eigenvalue weighted by Gasteiger charge is -2.26. The number of nitrogens with zero attached hydrogens (tertiary/aromatic N) is 3. The Morgan fingerprint density at radius 3 is 2.61 bits per heavy atom.